The summed E-state index contributed by atoms with van der Waals surface area (Å²) in [6.07, 6.45) is 0. The van der Waals surface area contributed by atoms with Gasteiger partial charge in [-0.2, -0.15) is 0 Å². The monoisotopic (exact) mass is 238 g/mol. The van der Waals surface area contributed by atoms with E-state index in [-0.39, 0.29) is 23.1 Å². The van der Waals surface area contributed by atoms with Gasteiger partial charge in [0.2, 0.25) is 5.88 Å². The molecule has 0 spiro atoms. The van der Waals surface area contributed by atoms with Crippen molar-refractivity contribution in [3.63, 3.8) is 0 Å². The Morgan fingerprint density at radius 3 is 2.53 bits per heavy atom. The summed E-state index contributed by atoms with van der Waals surface area (Å²) >= 11 is 0. The zero-order valence-electron chi connectivity index (χ0n) is 9.50. The maximum atomic E-state index is 14.1. The zero-order chi connectivity index (χ0) is 12.6. The number of halogens is 2. The van der Waals surface area contributed by atoms with E-state index in [0.717, 1.165) is 0 Å². The highest BCUT2D eigenvalue weighted by Gasteiger charge is 2.19. The number of hydrogen-bond donors (Lipinski definition) is 1. The second-order valence-electron chi connectivity index (χ2n) is 4.09. The van der Waals surface area contributed by atoms with Crippen molar-refractivity contribution in [3.8, 4) is 11.3 Å². The van der Waals surface area contributed by atoms with Crippen LogP contribution in [0, 0.1) is 11.6 Å². The number of hydrogen-bond acceptors (Lipinski definition) is 3. The van der Waals surface area contributed by atoms with Crippen LogP contribution in [0.25, 0.3) is 11.3 Å². The molecular weight excluding hydrogens is 226 g/mol. The van der Waals surface area contributed by atoms with Gasteiger partial charge >= 0.3 is 0 Å². The molecule has 0 atom stereocenters. The van der Waals surface area contributed by atoms with Gasteiger partial charge in [-0.15, -0.1) is 0 Å². The molecule has 0 unspecified atom stereocenters. The fourth-order valence-corrected chi connectivity index (χ4v) is 1.66. The molecule has 90 valence electrons. The van der Waals surface area contributed by atoms with E-state index in [2.05, 4.69) is 9.68 Å². The summed E-state index contributed by atoms with van der Waals surface area (Å²) in [5, 5.41) is 3.53. The van der Waals surface area contributed by atoms with Crippen molar-refractivity contribution in [3.05, 3.63) is 35.4 Å². The van der Waals surface area contributed by atoms with Crippen molar-refractivity contribution >= 4 is 5.88 Å². The Kier molecular flexibility index (Phi) is 2.83. The molecule has 0 aliphatic rings. The van der Waals surface area contributed by atoms with Crippen LogP contribution in [0.2, 0.25) is 0 Å². The quantitative estimate of drug-likeness (QED) is 0.873. The Morgan fingerprint density at radius 1 is 1.29 bits per heavy atom. The van der Waals surface area contributed by atoms with Gasteiger partial charge in [0.25, 0.3) is 0 Å². The van der Waals surface area contributed by atoms with Crippen LogP contribution in [0.5, 0.6) is 0 Å². The average molecular weight is 238 g/mol. The zero-order valence-corrected chi connectivity index (χ0v) is 9.50. The summed E-state index contributed by atoms with van der Waals surface area (Å²) < 4.78 is 32.4. The summed E-state index contributed by atoms with van der Waals surface area (Å²) in [5.41, 5.74) is 5.65. The van der Waals surface area contributed by atoms with Crippen molar-refractivity contribution in [2.45, 2.75) is 19.8 Å². The fourth-order valence-electron chi connectivity index (χ4n) is 1.66. The molecule has 2 rings (SSSR count). The third kappa shape index (κ3) is 2.00. The number of anilines is 1. The smallest absolute Gasteiger partial charge is 0.222 e. The Hall–Kier alpha value is -1.91. The minimum atomic E-state index is -0.680. The molecule has 0 saturated heterocycles. The standard InChI is InChI=1S/C12H12F2N2O/c1-6(2)7-3-4-8(13)11(12(7)14)9-5-10(15)17-16-9/h3-6H,15H2,1-2H3. The van der Waals surface area contributed by atoms with Crippen LogP contribution in [-0.2, 0) is 0 Å². The molecule has 1 heterocycles. The number of benzene rings is 1. The Bertz CT molecular complexity index is 549. The maximum Gasteiger partial charge on any atom is 0.222 e. The van der Waals surface area contributed by atoms with Crippen LogP contribution in [0.3, 0.4) is 0 Å². The van der Waals surface area contributed by atoms with Crippen LogP contribution in [-0.4, -0.2) is 5.16 Å². The normalized spacial score (nSPS) is 11.1. The van der Waals surface area contributed by atoms with Crippen molar-refractivity contribution in [1.82, 2.24) is 5.16 Å². The molecule has 5 heteroatoms. The van der Waals surface area contributed by atoms with Gasteiger partial charge in [-0.05, 0) is 17.5 Å². The SMILES string of the molecule is CC(C)c1ccc(F)c(-c2cc(N)on2)c1F. The minimum absolute atomic E-state index is 0.0220. The molecule has 1 aromatic carbocycles. The van der Waals surface area contributed by atoms with Crippen LogP contribution in [0.15, 0.2) is 22.7 Å². The van der Waals surface area contributed by atoms with Gasteiger partial charge in [-0.25, -0.2) is 8.78 Å². The van der Waals surface area contributed by atoms with Crippen molar-refractivity contribution in [2.75, 3.05) is 5.73 Å². The summed E-state index contributed by atoms with van der Waals surface area (Å²) in [6, 6.07) is 3.95. The molecule has 3 nitrogen and oxygen atoms in total. The molecule has 2 N–H and O–H groups in total. The van der Waals surface area contributed by atoms with E-state index < -0.39 is 11.6 Å². The molecule has 0 fully saturated rings. The summed E-state index contributed by atoms with van der Waals surface area (Å²) in [5.74, 6) is -1.32. The Labute approximate surface area is 97.2 Å². The first-order chi connectivity index (χ1) is 8.00. The number of nitrogen functional groups attached to an aromatic ring is 1. The van der Waals surface area contributed by atoms with Crippen LogP contribution in [0.1, 0.15) is 25.3 Å². The van der Waals surface area contributed by atoms with Crippen LogP contribution in [0.4, 0.5) is 14.7 Å². The third-order valence-electron chi connectivity index (χ3n) is 2.53. The van der Waals surface area contributed by atoms with E-state index in [4.69, 9.17) is 5.73 Å². The first-order valence-electron chi connectivity index (χ1n) is 5.21. The minimum Gasteiger partial charge on any atom is -0.368 e. The average Bonchev–Trinajstić information content (AvgIpc) is 2.64. The van der Waals surface area contributed by atoms with E-state index in [1.54, 1.807) is 0 Å². The van der Waals surface area contributed by atoms with Crippen molar-refractivity contribution in [1.29, 1.82) is 0 Å². The Balaban J connectivity index is 2.64. The molecule has 0 radical (unpaired) electrons. The van der Waals surface area contributed by atoms with Crippen molar-refractivity contribution in [2.24, 2.45) is 0 Å². The molecule has 0 bridgehead atoms. The molecule has 1 aromatic heterocycles. The van der Waals surface area contributed by atoms with Gasteiger partial charge in [-0.3, -0.25) is 0 Å². The first kappa shape index (κ1) is 11.6. The van der Waals surface area contributed by atoms with Gasteiger partial charge in [0, 0.05) is 6.07 Å². The third-order valence-corrected chi connectivity index (χ3v) is 2.53. The summed E-state index contributed by atoms with van der Waals surface area (Å²) in [7, 11) is 0. The largest absolute Gasteiger partial charge is 0.368 e. The van der Waals surface area contributed by atoms with E-state index in [0.29, 0.717) is 5.56 Å². The van der Waals surface area contributed by atoms with E-state index >= 15 is 0 Å². The Morgan fingerprint density at radius 2 is 2.00 bits per heavy atom. The lowest BCUT2D eigenvalue weighted by atomic mass is 9.98. The van der Waals surface area contributed by atoms with Crippen LogP contribution >= 0.6 is 0 Å². The molecule has 2 aromatic rings. The molecule has 0 aliphatic carbocycles. The highest BCUT2D eigenvalue weighted by Crippen LogP contribution is 2.31. The molecule has 0 saturated carbocycles. The van der Waals surface area contributed by atoms with E-state index in [1.807, 2.05) is 13.8 Å². The summed E-state index contributed by atoms with van der Waals surface area (Å²) in [6.45, 7) is 3.66. The first-order valence-corrected chi connectivity index (χ1v) is 5.21. The van der Waals surface area contributed by atoms with Gasteiger partial charge < -0.3 is 10.3 Å². The lowest BCUT2D eigenvalue weighted by Crippen LogP contribution is -1.98. The van der Waals surface area contributed by atoms with Gasteiger partial charge in [0.15, 0.2) is 0 Å². The highest BCUT2D eigenvalue weighted by molar-refractivity contribution is 5.64. The second kappa shape index (κ2) is 4.16. The maximum absolute atomic E-state index is 14.1. The fraction of sp³-hybridized carbons (Fsp3) is 0.250. The number of nitrogens with two attached hydrogens (primary N) is 1. The van der Waals surface area contributed by atoms with Gasteiger partial charge in [0.1, 0.15) is 17.3 Å². The summed E-state index contributed by atoms with van der Waals surface area (Å²) in [4.78, 5) is 0. The topological polar surface area (TPSA) is 52.0 Å². The predicted octanol–water partition coefficient (Wildman–Crippen LogP) is 3.33. The molecule has 0 amide bonds. The van der Waals surface area contributed by atoms with Crippen molar-refractivity contribution < 1.29 is 13.3 Å². The second-order valence-corrected chi connectivity index (χ2v) is 4.09. The van der Waals surface area contributed by atoms with Crippen LogP contribution < -0.4 is 5.73 Å². The van der Waals surface area contributed by atoms with Gasteiger partial charge in [0.05, 0.1) is 5.56 Å². The lowest BCUT2D eigenvalue weighted by molar-refractivity contribution is 0.437. The molecule has 17 heavy (non-hydrogen) atoms. The van der Waals surface area contributed by atoms with E-state index in [1.165, 1.54) is 18.2 Å². The number of aromatic nitrogens is 1. The van der Waals surface area contributed by atoms with E-state index in [9.17, 15) is 8.78 Å². The molecule has 0 aliphatic heterocycles. The highest BCUT2D eigenvalue weighted by atomic mass is 19.1. The lowest BCUT2D eigenvalue weighted by Gasteiger charge is -2.10. The van der Waals surface area contributed by atoms with Gasteiger partial charge in [-0.1, -0.05) is 25.1 Å². The number of rotatable bonds is 2. The molecular formula is C12H12F2N2O. The predicted molar refractivity (Wildman–Crippen MR) is 60.4 cm³/mol. The number of nitrogens with zero attached hydrogens (tertiary/aromatic N) is 1.